The van der Waals surface area contributed by atoms with E-state index in [2.05, 4.69) is 4.72 Å². The Morgan fingerprint density at radius 1 is 1.54 bits per heavy atom. The summed E-state index contributed by atoms with van der Waals surface area (Å²) in [6.07, 6.45) is 0. The molecule has 0 radical (unpaired) electrons. The van der Waals surface area contributed by atoms with Gasteiger partial charge in [0.2, 0.25) is 0 Å². The summed E-state index contributed by atoms with van der Waals surface area (Å²) in [5, 5.41) is 4.85. The summed E-state index contributed by atoms with van der Waals surface area (Å²) in [6.45, 7) is 3.73. The smallest absolute Gasteiger partial charge is 0.216 e. The van der Waals surface area contributed by atoms with Gasteiger partial charge in [-0.25, -0.2) is 5.14 Å². The van der Waals surface area contributed by atoms with Gasteiger partial charge < -0.3 is 0 Å². The Morgan fingerprint density at radius 2 is 2.15 bits per heavy atom. The molecule has 1 unspecified atom stereocenters. The van der Waals surface area contributed by atoms with E-state index >= 15 is 0 Å². The lowest BCUT2D eigenvalue weighted by Crippen LogP contribution is -2.32. The highest BCUT2D eigenvalue weighted by Gasteiger charge is 2.12. The van der Waals surface area contributed by atoms with Crippen LogP contribution in [0, 0.1) is 6.92 Å². The van der Waals surface area contributed by atoms with Crippen molar-refractivity contribution in [3.05, 3.63) is 21.9 Å². The topological polar surface area (TPSA) is 72.2 Å². The van der Waals surface area contributed by atoms with Crippen LogP contribution >= 0.6 is 11.3 Å². The molecule has 0 saturated carbocycles. The highest BCUT2D eigenvalue weighted by atomic mass is 32.2. The minimum atomic E-state index is -3.61. The maximum absolute atomic E-state index is 10.7. The summed E-state index contributed by atoms with van der Waals surface area (Å²) in [5.74, 6) is 0. The van der Waals surface area contributed by atoms with E-state index in [1.54, 1.807) is 18.3 Å². The van der Waals surface area contributed by atoms with Crippen molar-refractivity contribution in [3.8, 4) is 0 Å². The van der Waals surface area contributed by atoms with Crippen molar-refractivity contribution < 1.29 is 8.42 Å². The lowest BCUT2D eigenvalue weighted by molar-refractivity contribution is 0.570. The molecule has 1 heterocycles. The Labute approximate surface area is 82.0 Å². The molecule has 13 heavy (non-hydrogen) atoms. The van der Waals surface area contributed by atoms with Crippen LogP contribution in [0.1, 0.15) is 22.7 Å². The van der Waals surface area contributed by atoms with E-state index in [-0.39, 0.29) is 6.04 Å². The molecule has 74 valence electrons. The molecule has 3 N–H and O–H groups in total. The van der Waals surface area contributed by atoms with Crippen molar-refractivity contribution in [3.63, 3.8) is 0 Å². The van der Waals surface area contributed by atoms with Crippen LogP contribution in [0.5, 0.6) is 0 Å². The molecular weight excluding hydrogens is 208 g/mol. The Bertz CT molecular complexity index is 383. The van der Waals surface area contributed by atoms with Crippen LogP contribution in [0.4, 0.5) is 0 Å². The minimum Gasteiger partial charge on any atom is -0.216 e. The number of nitrogens with two attached hydrogens (primary N) is 1. The van der Waals surface area contributed by atoms with E-state index in [1.165, 1.54) is 0 Å². The van der Waals surface area contributed by atoms with Gasteiger partial charge in [0.1, 0.15) is 0 Å². The van der Waals surface area contributed by atoms with Crippen LogP contribution in [0.25, 0.3) is 0 Å². The fourth-order valence-corrected chi connectivity index (χ4v) is 2.56. The van der Waals surface area contributed by atoms with Gasteiger partial charge in [-0.3, -0.25) is 0 Å². The largest absolute Gasteiger partial charge is 0.274 e. The standard InChI is InChI=1S/C7H12N2O2S2/c1-5-3-4-7(12-5)6(2)9-13(8,10)11/h3-4,6,9H,1-2H3,(H2,8,10,11). The van der Waals surface area contributed by atoms with Crippen molar-refractivity contribution in [2.24, 2.45) is 5.14 Å². The number of aryl methyl sites for hydroxylation is 1. The predicted molar refractivity (Wildman–Crippen MR) is 53.7 cm³/mol. The van der Waals surface area contributed by atoms with Gasteiger partial charge in [0.15, 0.2) is 0 Å². The van der Waals surface area contributed by atoms with E-state index in [0.29, 0.717) is 0 Å². The van der Waals surface area contributed by atoms with Crippen molar-refractivity contribution in [2.75, 3.05) is 0 Å². The molecule has 0 aliphatic rings. The zero-order valence-electron chi connectivity index (χ0n) is 7.44. The first-order chi connectivity index (χ1) is 5.88. The number of rotatable bonds is 3. The van der Waals surface area contributed by atoms with Gasteiger partial charge >= 0.3 is 0 Å². The Hall–Kier alpha value is -0.430. The second-order valence-corrected chi connectivity index (χ2v) is 5.48. The molecule has 1 atom stereocenters. The van der Waals surface area contributed by atoms with Crippen molar-refractivity contribution in [2.45, 2.75) is 19.9 Å². The molecule has 0 amide bonds. The van der Waals surface area contributed by atoms with E-state index in [1.807, 2.05) is 19.1 Å². The molecule has 0 aromatic carbocycles. The highest BCUT2D eigenvalue weighted by Crippen LogP contribution is 2.22. The molecule has 1 aromatic heterocycles. The Balaban J connectivity index is 2.75. The van der Waals surface area contributed by atoms with Crippen molar-refractivity contribution >= 4 is 21.5 Å². The maximum Gasteiger partial charge on any atom is 0.274 e. The third-order valence-electron chi connectivity index (χ3n) is 1.53. The highest BCUT2D eigenvalue weighted by molar-refractivity contribution is 7.87. The normalized spacial score (nSPS) is 14.4. The minimum absolute atomic E-state index is 0.256. The fourth-order valence-electron chi connectivity index (χ4n) is 0.991. The number of nitrogens with one attached hydrogen (secondary N) is 1. The van der Waals surface area contributed by atoms with E-state index in [4.69, 9.17) is 5.14 Å². The summed E-state index contributed by atoms with van der Waals surface area (Å²) in [4.78, 5) is 2.12. The average molecular weight is 220 g/mol. The number of hydrogen-bond acceptors (Lipinski definition) is 3. The molecule has 0 aliphatic carbocycles. The molecule has 0 saturated heterocycles. The number of thiophene rings is 1. The molecule has 0 bridgehead atoms. The second-order valence-electron chi connectivity index (χ2n) is 2.83. The quantitative estimate of drug-likeness (QED) is 0.794. The third kappa shape index (κ3) is 3.43. The number of hydrogen-bond donors (Lipinski definition) is 2. The molecule has 1 aromatic rings. The van der Waals surface area contributed by atoms with Gasteiger partial charge in [0.05, 0.1) is 6.04 Å². The van der Waals surface area contributed by atoms with Gasteiger partial charge in [-0.15, -0.1) is 11.3 Å². The van der Waals surface area contributed by atoms with Crippen LogP contribution in [0.2, 0.25) is 0 Å². The molecular formula is C7H12N2O2S2. The van der Waals surface area contributed by atoms with Crippen LogP contribution in [-0.4, -0.2) is 8.42 Å². The molecule has 0 aliphatic heterocycles. The lowest BCUT2D eigenvalue weighted by Gasteiger charge is -2.08. The predicted octanol–water partition coefficient (Wildman–Crippen LogP) is 0.911. The first kappa shape index (κ1) is 10.6. The summed E-state index contributed by atoms with van der Waals surface area (Å²) in [5.41, 5.74) is 0. The Morgan fingerprint density at radius 3 is 2.54 bits per heavy atom. The van der Waals surface area contributed by atoms with E-state index in [0.717, 1.165) is 9.75 Å². The third-order valence-corrected chi connectivity index (χ3v) is 3.39. The van der Waals surface area contributed by atoms with Crippen LogP contribution < -0.4 is 9.86 Å². The van der Waals surface area contributed by atoms with Gasteiger partial charge in [-0.1, -0.05) is 0 Å². The zero-order chi connectivity index (χ0) is 10.1. The molecule has 4 nitrogen and oxygen atoms in total. The average Bonchev–Trinajstić information content (AvgIpc) is 2.31. The SMILES string of the molecule is Cc1ccc(C(C)NS(N)(=O)=O)s1. The van der Waals surface area contributed by atoms with Crippen LogP contribution in [-0.2, 0) is 10.2 Å². The molecule has 6 heteroatoms. The van der Waals surface area contributed by atoms with Crippen molar-refractivity contribution in [1.82, 2.24) is 4.72 Å². The van der Waals surface area contributed by atoms with Gasteiger partial charge in [0, 0.05) is 9.75 Å². The molecule has 1 rings (SSSR count). The van der Waals surface area contributed by atoms with Crippen LogP contribution in [0.3, 0.4) is 0 Å². The Kier molecular flexibility index (Phi) is 3.07. The van der Waals surface area contributed by atoms with E-state index < -0.39 is 10.2 Å². The van der Waals surface area contributed by atoms with Gasteiger partial charge in [-0.05, 0) is 26.0 Å². The lowest BCUT2D eigenvalue weighted by atomic mass is 10.3. The molecule has 0 spiro atoms. The van der Waals surface area contributed by atoms with Crippen LogP contribution in [0.15, 0.2) is 12.1 Å². The first-order valence-electron chi connectivity index (χ1n) is 3.75. The second kappa shape index (κ2) is 3.75. The monoisotopic (exact) mass is 220 g/mol. The maximum atomic E-state index is 10.7. The fraction of sp³-hybridized carbons (Fsp3) is 0.429. The zero-order valence-corrected chi connectivity index (χ0v) is 9.08. The summed E-state index contributed by atoms with van der Waals surface area (Å²) < 4.78 is 23.7. The van der Waals surface area contributed by atoms with E-state index in [9.17, 15) is 8.42 Å². The first-order valence-corrected chi connectivity index (χ1v) is 6.11. The summed E-state index contributed by atoms with van der Waals surface area (Å²) >= 11 is 1.55. The molecule has 0 fully saturated rings. The summed E-state index contributed by atoms with van der Waals surface area (Å²) in [7, 11) is -3.61. The van der Waals surface area contributed by atoms with Gasteiger partial charge in [-0.2, -0.15) is 13.1 Å². The van der Waals surface area contributed by atoms with Crippen molar-refractivity contribution in [1.29, 1.82) is 0 Å². The van der Waals surface area contributed by atoms with Gasteiger partial charge in [0.25, 0.3) is 10.2 Å². The summed E-state index contributed by atoms with van der Waals surface area (Å²) in [6, 6.07) is 3.58.